The second-order valence-electron chi connectivity index (χ2n) is 9.09. The number of benzene rings is 2. The van der Waals surface area contributed by atoms with Crippen molar-refractivity contribution in [2.75, 3.05) is 33.8 Å². The van der Waals surface area contributed by atoms with Gasteiger partial charge < -0.3 is 15.4 Å². The van der Waals surface area contributed by atoms with Crippen LogP contribution >= 0.6 is 8.58 Å². The second kappa shape index (κ2) is 14.0. The fourth-order valence-electron chi connectivity index (χ4n) is 3.71. The van der Waals surface area contributed by atoms with Crippen LogP contribution in [-0.2, 0) is 11.3 Å². The summed E-state index contributed by atoms with van der Waals surface area (Å²) in [6.45, 7) is 4.42. The van der Waals surface area contributed by atoms with Crippen molar-refractivity contribution in [1.82, 2.24) is 9.91 Å². The predicted octanol–water partition coefficient (Wildman–Crippen LogP) is 4.30. The van der Waals surface area contributed by atoms with Crippen molar-refractivity contribution in [2.24, 2.45) is 21.6 Å². The van der Waals surface area contributed by atoms with Gasteiger partial charge in [0.05, 0.1) is 25.1 Å². The molecule has 0 radical (unpaired) electrons. The SMILES string of the molecule is Cc1cc(F)cc(/C=N/C=C(/N)CN(N)Cc2cccc(C3N=CC(OCCCN(C)C)=CP3)c2)c1. The van der Waals surface area contributed by atoms with Gasteiger partial charge in [-0.1, -0.05) is 38.9 Å². The van der Waals surface area contributed by atoms with Crippen LogP contribution in [0, 0.1) is 12.7 Å². The van der Waals surface area contributed by atoms with Gasteiger partial charge in [0.2, 0.25) is 0 Å². The highest BCUT2D eigenvalue weighted by Gasteiger charge is 2.14. The van der Waals surface area contributed by atoms with Crippen molar-refractivity contribution >= 4 is 21.0 Å². The third kappa shape index (κ3) is 9.63. The molecule has 2 unspecified atom stereocenters. The van der Waals surface area contributed by atoms with Crippen LogP contribution in [0.5, 0.6) is 0 Å². The lowest BCUT2D eigenvalue weighted by Gasteiger charge is -2.19. The summed E-state index contributed by atoms with van der Waals surface area (Å²) >= 11 is 0. The van der Waals surface area contributed by atoms with Crippen LogP contribution in [0.3, 0.4) is 0 Å². The lowest BCUT2D eigenvalue weighted by Crippen LogP contribution is -2.34. The number of ether oxygens (including phenoxy) is 1. The van der Waals surface area contributed by atoms with Crippen molar-refractivity contribution in [3.05, 3.63) is 94.0 Å². The van der Waals surface area contributed by atoms with Gasteiger partial charge >= 0.3 is 0 Å². The van der Waals surface area contributed by atoms with Gasteiger partial charge in [-0.15, -0.1) is 0 Å². The van der Waals surface area contributed by atoms with Crippen LogP contribution in [-0.4, -0.2) is 56.1 Å². The molecule has 0 spiro atoms. The molecule has 0 saturated heterocycles. The molecule has 0 fully saturated rings. The molecule has 0 aliphatic carbocycles. The van der Waals surface area contributed by atoms with E-state index in [1.807, 2.05) is 31.3 Å². The van der Waals surface area contributed by atoms with Gasteiger partial charge in [0.15, 0.2) is 0 Å². The van der Waals surface area contributed by atoms with E-state index in [-0.39, 0.29) is 11.6 Å². The highest BCUT2D eigenvalue weighted by molar-refractivity contribution is 7.42. The Morgan fingerprint density at radius 3 is 2.81 bits per heavy atom. The first kappa shape index (κ1) is 27.7. The number of hydrogen-bond acceptors (Lipinski definition) is 7. The van der Waals surface area contributed by atoms with Gasteiger partial charge in [0, 0.05) is 31.2 Å². The maximum absolute atomic E-state index is 13.5. The Kier molecular flexibility index (Phi) is 10.8. The van der Waals surface area contributed by atoms with Crippen LogP contribution < -0.4 is 11.6 Å². The summed E-state index contributed by atoms with van der Waals surface area (Å²) in [4.78, 5) is 11.1. The van der Waals surface area contributed by atoms with Crippen LogP contribution in [0.2, 0.25) is 0 Å². The van der Waals surface area contributed by atoms with Crippen LogP contribution in [0.25, 0.3) is 0 Å². The molecule has 2 atom stereocenters. The number of rotatable bonds is 12. The smallest absolute Gasteiger partial charge is 0.137 e. The van der Waals surface area contributed by atoms with E-state index in [4.69, 9.17) is 21.3 Å². The highest BCUT2D eigenvalue weighted by Crippen LogP contribution is 2.40. The minimum absolute atomic E-state index is 0.0936. The Morgan fingerprint density at radius 2 is 2.08 bits per heavy atom. The molecule has 192 valence electrons. The number of nitrogens with zero attached hydrogens (tertiary/aromatic N) is 4. The van der Waals surface area contributed by atoms with Crippen molar-refractivity contribution in [3.8, 4) is 0 Å². The van der Waals surface area contributed by atoms with E-state index in [1.54, 1.807) is 17.4 Å². The Hall–Kier alpha value is -2.90. The molecular weight excluding hydrogens is 474 g/mol. The molecule has 9 heteroatoms. The third-order valence-electron chi connectivity index (χ3n) is 5.32. The number of aryl methyl sites for hydroxylation is 1. The summed E-state index contributed by atoms with van der Waals surface area (Å²) in [6.07, 6.45) is 5.94. The number of aliphatic imine (C=N–C) groups is 2. The summed E-state index contributed by atoms with van der Waals surface area (Å²) in [7, 11) is 4.64. The van der Waals surface area contributed by atoms with Crippen molar-refractivity contribution in [3.63, 3.8) is 0 Å². The van der Waals surface area contributed by atoms with Crippen molar-refractivity contribution < 1.29 is 9.13 Å². The average Bonchev–Trinajstić information content (AvgIpc) is 2.81. The van der Waals surface area contributed by atoms with E-state index in [2.05, 4.69) is 41.9 Å². The Labute approximate surface area is 215 Å². The van der Waals surface area contributed by atoms with Crippen LogP contribution in [0.15, 0.2) is 75.9 Å². The largest absolute Gasteiger partial charge is 0.492 e. The Bertz CT molecular complexity index is 1110. The Morgan fingerprint density at radius 1 is 1.25 bits per heavy atom. The monoisotopic (exact) mass is 510 g/mol. The summed E-state index contributed by atoms with van der Waals surface area (Å²) in [5.41, 5.74) is 10.3. The van der Waals surface area contributed by atoms with Crippen LogP contribution in [0.4, 0.5) is 4.39 Å². The fourth-order valence-corrected chi connectivity index (χ4v) is 4.72. The molecule has 0 aromatic heterocycles. The zero-order valence-electron chi connectivity index (χ0n) is 21.2. The van der Waals surface area contributed by atoms with Gasteiger partial charge in [-0.3, -0.25) is 15.8 Å². The zero-order chi connectivity index (χ0) is 25.9. The summed E-state index contributed by atoms with van der Waals surface area (Å²) in [5.74, 6) is 9.00. The highest BCUT2D eigenvalue weighted by atomic mass is 31.1. The van der Waals surface area contributed by atoms with E-state index >= 15 is 0 Å². The number of hydrazine groups is 1. The quantitative estimate of drug-likeness (QED) is 0.146. The van der Waals surface area contributed by atoms with E-state index < -0.39 is 0 Å². The summed E-state index contributed by atoms with van der Waals surface area (Å²) in [5, 5.41) is 1.64. The molecule has 0 bridgehead atoms. The van der Waals surface area contributed by atoms with E-state index in [0.717, 1.165) is 35.4 Å². The van der Waals surface area contributed by atoms with Gasteiger partial charge in [0.25, 0.3) is 0 Å². The standard InChI is InChI=1S/C27H36FN6OP/c1-20-10-22(13-24(28)11-20)14-31-15-25(29)18-34(30)17-21-6-4-7-23(12-21)27-32-16-26(19-36-27)35-9-5-8-33(2)3/h4,6-7,10-16,19,27,36H,5,8-9,17-18,29-30H2,1-3H3/b25-15+,31-14+. The fraction of sp³-hybridized carbons (Fsp3) is 0.333. The molecule has 4 N–H and O–H groups in total. The zero-order valence-corrected chi connectivity index (χ0v) is 22.2. The second-order valence-corrected chi connectivity index (χ2v) is 10.3. The molecule has 1 heterocycles. The lowest BCUT2D eigenvalue weighted by atomic mass is 10.1. The van der Waals surface area contributed by atoms with E-state index in [0.29, 0.717) is 39.5 Å². The Balaban J connectivity index is 1.49. The summed E-state index contributed by atoms with van der Waals surface area (Å²) < 4.78 is 19.3. The predicted molar refractivity (Wildman–Crippen MR) is 149 cm³/mol. The first-order chi connectivity index (χ1) is 17.3. The van der Waals surface area contributed by atoms with Crippen LogP contribution in [0.1, 0.15) is 34.5 Å². The molecule has 7 nitrogen and oxygen atoms in total. The van der Waals surface area contributed by atoms with Gasteiger partial charge in [-0.25, -0.2) is 9.40 Å². The third-order valence-corrected chi connectivity index (χ3v) is 6.57. The minimum Gasteiger partial charge on any atom is -0.492 e. The number of nitrogens with two attached hydrogens (primary N) is 2. The average molecular weight is 511 g/mol. The molecule has 3 rings (SSSR count). The van der Waals surface area contributed by atoms with Gasteiger partial charge in [0.1, 0.15) is 11.6 Å². The first-order valence-electron chi connectivity index (χ1n) is 11.9. The van der Waals surface area contributed by atoms with Gasteiger partial charge in [-0.2, -0.15) is 0 Å². The molecular formula is C27H36FN6OP. The van der Waals surface area contributed by atoms with E-state index in [9.17, 15) is 4.39 Å². The molecule has 2 aromatic rings. The van der Waals surface area contributed by atoms with Crippen molar-refractivity contribution in [1.29, 1.82) is 0 Å². The normalized spacial score (nSPS) is 16.9. The summed E-state index contributed by atoms with van der Waals surface area (Å²) in [6, 6.07) is 13.0. The van der Waals surface area contributed by atoms with Crippen molar-refractivity contribution in [2.45, 2.75) is 25.7 Å². The maximum atomic E-state index is 13.5. The molecule has 2 aromatic carbocycles. The minimum atomic E-state index is -0.288. The van der Waals surface area contributed by atoms with Gasteiger partial charge in [-0.05, 0) is 67.6 Å². The first-order valence-corrected chi connectivity index (χ1v) is 13.0. The molecule has 0 saturated carbocycles. The number of allylic oxidation sites excluding steroid dienone is 1. The number of hydrogen-bond donors (Lipinski definition) is 2. The molecule has 1 aliphatic rings. The lowest BCUT2D eigenvalue weighted by molar-refractivity contribution is 0.214. The molecule has 36 heavy (non-hydrogen) atoms. The molecule has 1 aliphatic heterocycles. The van der Waals surface area contributed by atoms with E-state index in [1.165, 1.54) is 12.1 Å². The molecule has 0 amide bonds. The maximum Gasteiger partial charge on any atom is 0.137 e. The number of halogens is 1. The topological polar surface area (TPSA) is 92.5 Å².